The maximum Gasteiger partial charge on any atom is 0.0590 e. The number of rotatable bonds is 8. The van der Waals surface area contributed by atoms with Crippen molar-refractivity contribution < 1.29 is 0 Å². The molecule has 0 aliphatic heterocycles. The number of unbranched alkanes of at least 4 members (excludes halogenated alkanes) is 4. The zero-order valence-corrected chi connectivity index (χ0v) is 12.3. The van der Waals surface area contributed by atoms with E-state index in [-0.39, 0.29) is 6.04 Å². The van der Waals surface area contributed by atoms with Crippen LogP contribution in [0.1, 0.15) is 61.9 Å². The number of nitrogens with one attached hydrogen (secondary N) is 1. The van der Waals surface area contributed by atoms with Gasteiger partial charge in [0.15, 0.2) is 0 Å². The van der Waals surface area contributed by atoms with Gasteiger partial charge in [-0.1, -0.05) is 50.6 Å². The molecule has 0 aliphatic carbocycles. The summed E-state index contributed by atoms with van der Waals surface area (Å²) in [5.74, 6) is 5.62. The highest BCUT2D eigenvalue weighted by molar-refractivity contribution is 7.10. The molecular formula is C13H23ClN2S. The van der Waals surface area contributed by atoms with Gasteiger partial charge in [0, 0.05) is 4.88 Å². The second kappa shape index (κ2) is 8.09. The summed E-state index contributed by atoms with van der Waals surface area (Å²) in [6.07, 6.45) is 7.51. The van der Waals surface area contributed by atoms with Gasteiger partial charge >= 0.3 is 0 Å². The third-order valence-corrected chi connectivity index (χ3v) is 4.87. The fourth-order valence-electron chi connectivity index (χ4n) is 1.93. The van der Waals surface area contributed by atoms with Crippen LogP contribution in [0, 0.1) is 6.92 Å². The highest BCUT2D eigenvalue weighted by Crippen LogP contribution is 2.34. The van der Waals surface area contributed by atoms with Gasteiger partial charge in [-0.3, -0.25) is 11.3 Å². The van der Waals surface area contributed by atoms with Crippen molar-refractivity contribution in [3.8, 4) is 0 Å². The Kier molecular flexibility index (Phi) is 7.12. The van der Waals surface area contributed by atoms with Crippen LogP contribution in [0.25, 0.3) is 0 Å². The molecule has 98 valence electrons. The first-order valence-corrected chi connectivity index (χ1v) is 7.66. The molecule has 4 heteroatoms. The molecule has 0 bridgehead atoms. The quantitative estimate of drug-likeness (QED) is 0.414. The summed E-state index contributed by atoms with van der Waals surface area (Å²) in [6, 6.07) is 0.211. The highest BCUT2D eigenvalue weighted by atomic mass is 35.5. The first-order chi connectivity index (χ1) is 8.20. The molecule has 1 heterocycles. The lowest BCUT2D eigenvalue weighted by Gasteiger charge is -2.14. The Morgan fingerprint density at radius 3 is 2.59 bits per heavy atom. The first kappa shape index (κ1) is 15.0. The van der Waals surface area contributed by atoms with Crippen molar-refractivity contribution in [3.63, 3.8) is 0 Å². The molecule has 1 atom stereocenters. The maximum atomic E-state index is 6.26. The average Bonchev–Trinajstić information content (AvgIpc) is 2.66. The molecule has 1 aromatic heterocycles. The molecule has 0 fully saturated rings. The van der Waals surface area contributed by atoms with Crippen LogP contribution in [0.2, 0.25) is 5.02 Å². The van der Waals surface area contributed by atoms with Crippen molar-refractivity contribution in [1.82, 2.24) is 5.43 Å². The van der Waals surface area contributed by atoms with E-state index in [4.69, 9.17) is 17.4 Å². The summed E-state index contributed by atoms with van der Waals surface area (Å²) in [4.78, 5) is 1.18. The average molecular weight is 275 g/mol. The molecule has 1 rings (SSSR count). The number of halogens is 1. The van der Waals surface area contributed by atoms with Crippen molar-refractivity contribution in [3.05, 3.63) is 20.8 Å². The lowest BCUT2D eigenvalue weighted by atomic mass is 10.1. The predicted octanol–water partition coefficient (Wildman–Crippen LogP) is 4.57. The van der Waals surface area contributed by atoms with Gasteiger partial charge in [-0.25, -0.2) is 0 Å². The van der Waals surface area contributed by atoms with Crippen molar-refractivity contribution in [2.75, 3.05) is 0 Å². The van der Waals surface area contributed by atoms with E-state index >= 15 is 0 Å². The monoisotopic (exact) mass is 274 g/mol. The fourth-order valence-corrected chi connectivity index (χ4v) is 3.35. The third-order valence-electron chi connectivity index (χ3n) is 3.04. The van der Waals surface area contributed by atoms with E-state index in [1.54, 1.807) is 11.3 Å². The number of thiophene rings is 1. The Morgan fingerprint density at radius 2 is 2.06 bits per heavy atom. The van der Waals surface area contributed by atoms with Crippen LogP contribution in [-0.2, 0) is 0 Å². The maximum absolute atomic E-state index is 6.26. The number of hydrogen-bond acceptors (Lipinski definition) is 3. The smallest absolute Gasteiger partial charge is 0.0590 e. The van der Waals surface area contributed by atoms with Gasteiger partial charge < -0.3 is 0 Å². The Morgan fingerprint density at radius 1 is 1.35 bits per heavy atom. The molecule has 17 heavy (non-hydrogen) atoms. The molecule has 3 N–H and O–H groups in total. The Labute approximate surface area is 114 Å². The summed E-state index contributed by atoms with van der Waals surface area (Å²) >= 11 is 7.96. The molecule has 2 nitrogen and oxygen atoms in total. The molecule has 1 unspecified atom stereocenters. The summed E-state index contributed by atoms with van der Waals surface area (Å²) in [5, 5.41) is 2.98. The SMILES string of the molecule is CCCCCCCC(NN)c1scc(C)c1Cl. The predicted molar refractivity (Wildman–Crippen MR) is 77.5 cm³/mol. The van der Waals surface area contributed by atoms with Crippen LogP contribution in [0.4, 0.5) is 0 Å². The van der Waals surface area contributed by atoms with E-state index in [0.29, 0.717) is 0 Å². The van der Waals surface area contributed by atoms with E-state index in [1.165, 1.54) is 37.0 Å². The lowest BCUT2D eigenvalue weighted by Crippen LogP contribution is -2.27. The van der Waals surface area contributed by atoms with E-state index in [1.807, 2.05) is 6.92 Å². The van der Waals surface area contributed by atoms with Crippen molar-refractivity contribution in [1.29, 1.82) is 0 Å². The molecule has 0 amide bonds. The van der Waals surface area contributed by atoms with Crippen molar-refractivity contribution in [2.45, 2.75) is 58.4 Å². The highest BCUT2D eigenvalue weighted by Gasteiger charge is 2.16. The zero-order valence-electron chi connectivity index (χ0n) is 10.8. The summed E-state index contributed by atoms with van der Waals surface area (Å²) in [6.45, 7) is 4.27. The summed E-state index contributed by atoms with van der Waals surface area (Å²) in [7, 11) is 0. The van der Waals surface area contributed by atoms with E-state index in [9.17, 15) is 0 Å². The van der Waals surface area contributed by atoms with Gasteiger partial charge in [0.2, 0.25) is 0 Å². The normalized spacial score (nSPS) is 12.9. The van der Waals surface area contributed by atoms with Crippen molar-refractivity contribution >= 4 is 22.9 Å². The Balaban J connectivity index is 2.41. The molecule has 0 saturated heterocycles. The molecule has 0 aliphatic rings. The van der Waals surface area contributed by atoms with E-state index in [0.717, 1.165) is 17.0 Å². The number of hydrazine groups is 1. The lowest BCUT2D eigenvalue weighted by molar-refractivity contribution is 0.484. The second-order valence-corrected chi connectivity index (χ2v) is 5.81. The molecule has 0 spiro atoms. The van der Waals surface area contributed by atoms with Crippen LogP contribution in [0.5, 0.6) is 0 Å². The standard InChI is InChI=1S/C13H23ClN2S/c1-3-4-5-6-7-8-11(16-15)13-12(14)10(2)9-17-13/h9,11,16H,3-8,15H2,1-2H3. The van der Waals surface area contributed by atoms with Gasteiger partial charge in [0.05, 0.1) is 11.1 Å². The van der Waals surface area contributed by atoms with Gasteiger partial charge in [0.25, 0.3) is 0 Å². The van der Waals surface area contributed by atoms with Crippen LogP contribution < -0.4 is 11.3 Å². The second-order valence-electron chi connectivity index (χ2n) is 4.52. The minimum atomic E-state index is 0.211. The molecule has 1 aromatic rings. The van der Waals surface area contributed by atoms with Crippen LogP contribution in [0.3, 0.4) is 0 Å². The van der Waals surface area contributed by atoms with Crippen LogP contribution in [0.15, 0.2) is 5.38 Å². The van der Waals surface area contributed by atoms with Gasteiger partial charge in [-0.15, -0.1) is 11.3 Å². The summed E-state index contributed by atoms with van der Waals surface area (Å²) in [5.41, 5.74) is 4.04. The van der Waals surface area contributed by atoms with Crippen molar-refractivity contribution in [2.24, 2.45) is 5.84 Å². The van der Waals surface area contributed by atoms with Crippen LogP contribution >= 0.6 is 22.9 Å². The number of nitrogens with two attached hydrogens (primary N) is 1. The molecule has 0 radical (unpaired) electrons. The van der Waals surface area contributed by atoms with Gasteiger partial charge in [-0.05, 0) is 24.3 Å². The Bertz CT molecular complexity index is 325. The minimum Gasteiger partial charge on any atom is -0.271 e. The first-order valence-electron chi connectivity index (χ1n) is 6.40. The van der Waals surface area contributed by atoms with Gasteiger partial charge in [0.1, 0.15) is 0 Å². The molecule has 0 aromatic carbocycles. The summed E-state index contributed by atoms with van der Waals surface area (Å²) < 4.78 is 0. The molecular weight excluding hydrogens is 252 g/mol. The third kappa shape index (κ3) is 4.59. The van der Waals surface area contributed by atoms with E-state index < -0.39 is 0 Å². The van der Waals surface area contributed by atoms with Gasteiger partial charge in [-0.2, -0.15) is 0 Å². The topological polar surface area (TPSA) is 38.0 Å². The number of hydrogen-bond donors (Lipinski definition) is 2. The Hall–Kier alpha value is -0.0900. The van der Waals surface area contributed by atoms with E-state index in [2.05, 4.69) is 17.7 Å². The molecule has 0 saturated carbocycles. The minimum absolute atomic E-state index is 0.211. The fraction of sp³-hybridized carbons (Fsp3) is 0.692. The largest absolute Gasteiger partial charge is 0.271 e. The zero-order chi connectivity index (χ0) is 12.7. The van der Waals surface area contributed by atoms with Crippen LogP contribution in [-0.4, -0.2) is 0 Å². The number of aryl methyl sites for hydroxylation is 1.